The zero-order chi connectivity index (χ0) is 27.5. The van der Waals surface area contributed by atoms with E-state index < -0.39 is 10.8 Å². The van der Waals surface area contributed by atoms with Gasteiger partial charge in [0.1, 0.15) is 18.2 Å². The molecule has 6 atom stereocenters. The van der Waals surface area contributed by atoms with Crippen LogP contribution in [0.4, 0.5) is 0 Å². The minimum atomic E-state index is -0.651. The molecule has 202 valence electrons. The summed E-state index contributed by atoms with van der Waals surface area (Å²) >= 11 is 0. The fourth-order valence-electron chi connectivity index (χ4n) is 9.97. The van der Waals surface area contributed by atoms with E-state index in [1.165, 1.54) is 5.92 Å². The average Bonchev–Trinajstić information content (AvgIpc) is 3.38. The molecular formula is C31H40LiN5O2. The van der Waals surface area contributed by atoms with Gasteiger partial charge in [0.2, 0.25) is 0 Å². The van der Waals surface area contributed by atoms with Crippen molar-refractivity contribution in [3.63, 3.8) is 0 Å². The molecule has 0 radical (unpaired) electrons. The number of carbonyl (C=O) groups is 2. The Morgan fingerprint density at radius 2 is 1.72 bits per heavy atom. The second kappa shape index (κ2) is 8.50. The van der Waals surface area contributed by atoms with Crippen molar-refractivity contribution < 1.29 is 28.4 Å². The van der Waals surface area contributed by atoms with Crippen LogP contribution in [-0.4, -0.2) is 31.8 Å². The maximum Gasteiger partial charge on any atom is 1.00 e. The van der Waals surface area contributed by atoms with Crippen LogP contribution in [0.2, 0.25) is 0 Å². The van der Waals surface area contributed by atoms with Crippen molar-refractivity contribution >= 4 is 11.6 Å². The Bertz CT molecular complexity index is 1340. The van der Waals surface area contributed by atoms with Gasteiger partial charge in [-0.1, -0.05) is 96.2 Å². The summed E-state index contributed by atoms with van der Waals surface area (Å²) in [5, 5.41) is 22.3. The number of Topliss-reactive ketones (excluding diaryl/α,β-unsaturated/α-hetero) is 1. The first kappa shape index (κ1) is 28.5. The van der Waals surface area contributed by atoms with Gasteiger partial charge in [0.25, 0.3) is 0 Å². The van der Waals surface area contributed by atoms with E-state index in [0.29, 0.717) is 0 Å². The van der Waals surface area contributed by atoms with Gasteiger partial charge < -0.3 is 0 Å². The van der Waals surface area contributed by atoms with Crippen LogP contribution in [0.3, 0.4) is 0 Å². The van der Waals surface area contributed by atoms with Crippen molar-refractivity contribution in [2.45, 2.75) is 99.0 Å². The normalized spacial score (nSPS) is 42.4. The quantitative estimate of drug-likeness (QED) is 0.416. The molecule has 3 fully saturated rings. The molecule has 1 aromatic heterocycles. The fraction of sp³-hybridized carbons (Fsp3) is 0.710. The topological polar surface area (TPSA) is 102 Å². The Morgan fingerprint density at radius 1 is 1.03 bits per heavy atom. The van der Waals surface area contributed by atoms with E-state index in [1.54, 1.807) is 6.33 Å². The molecule has 8 heteroatoms. The van der Waals surface area contributed by atoms with Gasteiger partial charge in [-0.25, -0.2) is 0 Å². The van der Waals surface area contributed by atoms with Crippen molar-refractivity contribution in [1.29, 1.82) is 5.26 Å². The number of rotatable bonds is 1. The third-order valence-corrected chi connectivity index (χ3v) is 12.2. The van der Waals surface area contributed by atoms with Crippen molar-refractivity contribution in [2.75, 3.05) is 0 Å². The molecule has 5 aliphatic carbocycles. The predicted molar refractivity (Wildman–Crippen MR) is 142 cm³/mol. The van der Waals surface area contributed by atoms with Gasteiger partial charge in [-0.2, -0.15) is 11.7 Å². The third-order valence-electron chi connectivity index (χ3n) is 12.2. The van der Waals surface area contributed by atoms with Crippen molar-refractivity contribution in [3.8, 4) is 6.07 Å². The van der Waals surface area contributed by atoms with Crippen LogP contribution in [0.1, 0.15) is 93.4 Å². The van der Waals surface area contributed by atoms with Gasteiger partial charge in [0.05, 0.1) is 5.57 Å². The smallest absolute Gasteiger partial charge is 0.297 e. The van der Waals surface area contributed by atoms with Crippen LogP contribution in [-0.2, 0) is 15.1 Å². The second-order valence-electron chi connectivity index (χ2n) is 14.9. The van der Waals surface area contributed by atoms with E-state index >= 15 is 0 Å². The molecule has 0 aliphatic heterocycles. The molecule has 0 aromatic carbocycles. The summed E-state index contributed by atoms with van der Waals surface area (Å²) in [7, 11) is 0. The molecule has 7 nitrogen and oxygen atoms in total. The van der Waals surface area contributed by atoms with Crippen molar-refractivity contribution in [3.05, 3.63) is 35.5 Å². The molecule has 0 saturated heterocycles. The largest absolute Gasteiger partial charge is 1.00 e. The average molecular weight is 522 g/mol. The molecule has 0 spiro atoms. The summed E-state index contributed by atoms with van der Waals surface area (Å²) in [6.07, 6.45) is 12.1. The van der Waals surface area contributed by atoms with Gasteiger partial charge in [-0.15, -0.1) is 5.10 Å². The Labute approximate surface area is 244 Å². The van der Waals surface area contributed by atoms with Gasteiger partial charge in [-0.3, -0.25) is 20.2 Å². The third kappa shape index (κ3) is 3.43. The zero-order valence-electron chi connectivity index (χ0n) is 24.9. The van der Waals surface area contributed by atoms with Gasteiger partial charge in [0, 0.05) is 10.8 Å². The molecule has 0 N–H and O–H groups in total. The summed E-state index contributed by atoms with van der Waals surface area (Å²) in [4.78, 5) is 27.7. The van der Waals surface area contributed by atoms with Crippen LogP contribution in [0.5, 0.6) is 0 Å². The number of tetrazole rings is 1. The van der Waals surface area contributed by atoms with Crippen LogP contribution in [0.25, 0.3) is 0 Å². The Balaban J connectivity index is 0.00000308. The van der Waals surface area contributed by atoms with E-state index in [1.807, 2.05) is 30.7 Å². The maximum absolute atomic E-state index is 14.5. The zero-order valence-corrected chi connectivity index (χ0v) is 24.9. The molecular weight excluding hydrogens is 481 g/mol. The second-order valence-corrected chi connectivity index (χ2v) is 14.9. The minimum absolute atomic E-state index is 0. The van der Waals surface area contributed by atoms with Gasteiger partial charge in [-0.05, 0) is 52.5 Å². The summed E-state index contributed by atoms with van der Waals surface area (Å²) in [6, 6.07) is 2.19. The molecule has 0 bridgehead atoms. The minimum Gasteiger partial charge on any atom is -0.297 e. The van der Waals surface area contributed by atoms with E-state index in [0.717, 1.165) is 50.5 Å². The first-order valence-electron chi connectivity index (χ1n) is 14.2. The number of hydrogen-bond acceptors (Lipinski definition) is 6. The molecule has 0 amide bonds. The monoisotopic (exact) mass is 521 g/mol. The molecule has 3 saturated carbocycles. The van der Waals surface area contributed by atoms with E-state index in [-0.39, 0.29) is 69.6 Å². The molecule has 5 aliphatic rings. The summed E-state index contributed by atoms with van der Waals surface area (Å²) in [5.74, 6) is 1.26. The van der Waals surface area contributed by atoms with E-state index in [9.17, 15) is 14.9 Å². The fourth-order valence-corrected chi connectivity index (χ4v) is 9.97. The number of carbonyl (C=O) groups excluding carboxylic acids is 2. The first-order valence-corrected chi connectivity index (χ1v) is 14.2. The Kier molecular flexibility index (Phi) is 6.21. The maximum atomic E-state index is 14.5. The predicted octanol–water partition coefficient (Wildman–Crippen LogP) is 2.56. The number of ketones is 2. The summed E-state index contributed by atoms with van der Waals surface area (Å²) in [5.41, 5.74) is -0.512. The van der Waals surface area contributed by atoms with Crippen LogP contribution < -0.4 is 18.9 Å². The van der Waals surface area contributed by atoms with Gasteiger partial charge >= 0.3 is 18.9 Å². The summed E-state index contributed by atoms with van der Waals surface area (Å²) < 4.78 is 1.95. The number of aromatic nitrogens is 4. The number of hydrogen-bond donors (Lipinski definition) is 0. The SMILES string of the molecule is CC1(C)CC[C@]2(n3cnnn3)CC[C@]3(C)[C@H](C(=O)C=C4[C@@]5(C)C=C(C#N)C(=O)C(C)(C)C5CC[C@]43C)[C-]2C1.[Li+]. The molecule has 6 rings (SSSR count). The van der Waals surface area contributed by atoms with E-state index in [4.69, 9.17) is 0 Å². The van der Waals surface area contributed by atoms with Crippen LogP contribution in [0, 0.1) is 56.2 Å². The molecule has 1 aromatic rings. The van der Waals surface area contributed by atoms with Crippen LogP contribution in [0.15, 0.2) is 29.6 Å². The number of nitrogens with zero attached hydrogens (tertiary/aromatic N) is 5. The van der Waals surface area contributed by atoms with Crippen molar-refractivity contribution in [1.82, 2.24) is 20.2 Å². The number of fused-ring (bicyclic) bond motifs is 7. The van der Waals surface area contributed by atoms with Crippen LogP contribution >= 0.6 is 0 Å². The summed E-state index contributed by atoms with van der Waals surface area (Å²) in [6.45, 7) is 15.5. The Morgan fingerprint density at radius 3 is 2.36 bits per heavy atom. The Hall–Kier alpha value is -2.02. The first-order chi connectivity index (χ1) is 17.7. The van der Waals surface area contributed by atoms with Gasteiger partial charge in [0.15, 0.2) is 5.78 Å². The molecule has 1 heterocycles. The number of nitriles is 1. The van der Waals surface area contributed by atoms with Crippen molar-refractivity contribution in [2.24, 2.45) is 38.9 Å². The standard InChI is InChI=1S/C31H40N5O2.Li/c1-26(2)10-12-31(36-18-33-34-35-36)13-11-30(7)24(20(31)16-26)21(37)14-23-28(5)15-19(17-32)25(38)27(3,4)22(28)8-9-29(23,30)6;/h14-15,18,22,24H,8-13,16H2,1-7H3;/q-1;+1/t22?,24-,28-,29+,30+,31-;/m0./s1. The molecule has 39 heavy (non-hydrogen) atoms. The number of allylic oxidation sites excluding steroid dienone is 4. The van der Waals surface area contributed by atoms with E-state index in [2.05, 4.69) is 56.2 Å². The molecule has 1 unspecified atom stereocenters.